The zero-order chi connectivity index (χ0) is 13.8. The first-order chi connectivity index (χ1) is 9.85. The predicted octanol–water partition coefficient (Wildman–Crippen LogP) is 2.01. The number of hydrogen-bond acceptors (Lipinski definition) is 5. The molecular formula is C15H19N3O2. The number of ether oxygens (including phenoxy) is 1. The van der Waals surface area contributed by atoms with Gasteiger partial charge in [0.05, 0.1) is 12.0 Å². The van der Waals surface area contributed by atoms with Crippen LogP contribution in [0.5, 0.6) is 0 Å². The van der Waals surface area contributed by atoms with Crippen LogP contribution in [0.3, 0.4) is 0 Å². The lowest BCUT2D eigenvalue weighted by Gasteiger charge is -2.39. The zero-order valence-corrected chi connectivity index (χ0v) is 11.4. The van der Waals surface area contributed by atoms with Crippen LogP contribution in [-0.4, -0.2) is 23.3 Å². The molecule has 2 aromatic rings. The molecule has 1 aromatic carbocycles. The number of hydrogen-bond donors (Lipinski definition) is 1. The summed E-state index contributed by atoms with van der Waals surface area (Å²) in [4.78, 5) is 4.51. The van der Waals surface area contributed by atoms with E-state index in [1.807, 2.05) is 6.07 Å². The Hall–Kier alpha value is -1.72. The van der Waals surface area contributed by atoms with E-state index >= 15 is 0 Å². The van der Waals surface area contributed by atoms with E-state index in [1.165, 1.54) is 12.0 Å². The topological polar surface area (TPSA) is 74.2 Å². The van der Waals surface area contributed by atoms with Crippen molar-refractivity contribution in [2.24, 2.45) is 5.73 Å². The molecule has 1 heterocycles. The van der Waals surface area contributed by atoms with Gasteiger partial charge in [-0.1, -0.05) is 41.9 Å². The van der Waals surface area contributed by atoms with Gasteiger partial charge in [-0.15, -0.1) is 0 Å². The van der Waals surface area contributed by atoms with Gasteiger partial charge in [0.1, 0.15) is 6.61 Å². The van der Waals surface area contributed by atoms with E-state index < -0.39 is 0 Å². The highest BCUT2D eigenvalue weighted by molar-refractivity contribution is 5.35. The molecule has 5 heteroatoms. The summed E-state index contributed by atoms with van der Waals surface area (Å²) in [6.07, 6.45) is 3.34. The molecule has 20 heavy (non-hydrogen) atoms. The molecule has 0 unspecified atom stereocenters. The highest BCUT2D eigenvalue weighted by Gasteiger charge is 2.44. The van der Waals surface area contributed by atoms with E-state index in [4.69, 9.17) is 15.0 Å². The first-order valence-corrected chi connectivity index (χ1v) is 7.01. The van der Waals surface area contributed by atoms with Crippen molar-refractivity contribution in [3.63, 3.8) is 0 Å². The summed E-state index contributed by atoms with van der Waals surface area (Å²) in [6.45, 7) is 1.32. The summed E-state index contributed by atoms with van der Waals surface area (Å²) < 4.78 is 10.6. The Balaban J connectivity index is 1.80. The van der Waals surface area contributed by atoms with Gasteiger partial charge >= 0.3 is 0 Å². The molecule has 0 spiro atoms. The second-order valence-corrected chi connectivity index (χ2v) is 5.15. The molecule has 1 saturated carbocycles. The van der Waals surface area contributed by atoms with Crippen LogP contribution in [0.2, 0.25) is 0 Å². The normalized spacial score (nSPS) is 16.9. The molecule has 106 valence electrons. The average molecular weight is 273 g/mol. The summed E-state index contributed by atoms with van der Waals surface area (Å²) in [6, 6.07) is 10.4. The maximum atomic E-state index is 5.38. The molecule has 1 aliphatic rings. The van der Waals surface area contributed by atoms with E-state index in [-0.39, 0.29) is 5.41 Å². The van der Waals surface area contributed by atoms with Gasteiger partial charge in [0.15, 0.2) is 5.82 Å². The van der Waals surface area contributed by atoms with Crippen LogP contribution in [0.4, 0.5) is 0 Å². The van der Waals surface area contributed by atoms with Crippen molar-refractivity contribution < 1.29 is 9.26 Å². The molecule has 0 amide bonds. The summed E-state index contributed by atoms with van der Waals surface area (Å²) in [5, 5.41) is 4.17. The fraction of sp³-hybridized carbons (Fsp3) is 0.467. The molecule has 3 rings (SSSR count). The largest absolute Gasteiger partial charge is 0.370 e. The van der Waals surface area contributed by atoms with Crippen molar-refractivity contribution in [2.75, 3.05) is 13.2 Å². The summed E-state index contributed by atoms with van der Waals surface area (Å²) in [5.74, 6) is 1.30. The first-order valence-electron chi connectivity index (χ1n) is 7.01. The molecule has 1 aliphatic carbocycles. The first kappa shape index (κ1) is 13.3. The minimum Gasteiger partial charge on any atom is -0.370 e. The van der Waals surface area contributed by atoms with E-state index in [2.05, 4.69) is 34.4 Å². The summed E-state index contributed by atoms with van der Waals surface area (Å²) >= 11 is 0. The third-order valence-corrected chi connectivity index (χ3v) is 3.92. The van der Waals surface area contributed by atoms with Gasteiger partial charge < -0.3 is 15.0 Å². The molecule has 0 atom stereocenters. The van der Waals surface area contributed by atoms with Crippen molar-refractivity contribution in [1.29, 1.82) is 0 Å². The van der Waals surface area contributed by atoms with Crippen LogP contribution < -0.4 is 5.73 Å². The standard InChI is InChI=1S/C15H19N3O2/c16-9-10-19-11-13-17-14(18-20-13)15(7-4-8-15)12-5-2-1-3-6-12/h1-3,5-6H,4,7-11,16H2. The van der Waals surface area contributed by atoms with Gasteiger partial charge in [0.25, 0.3) is 5.89 Å². The maximum absolute atomic E-state index is 5.38. The van der Waals surface area contributed by atoms with Crippen LogP contribution in [-0.2, 0) is 16.8 Å². The van der Waals surface area contributed by atoms with E-state index in [0.29, 0.717) is 25.6 Å². The van der Waals surface area contributed by atoms with Crippen LogP contribution in [0.25, 0.3) is 0 Å². The van der Waals surface area contributed by atoms with Gasteiger partial charge in [-0.25, -0.2) is 0 Å². The minimum atomic E-state index is -0.0725. The van der Waals surface area contributed by atoms with Gasteiger partial charge in [0.2, 0.25) is 0 Å². The molecule has 2 N–H and O–H groups in total. The molecule has 0 saturated heterocycles. The lowest BCUT2D eigenvalue weighted by atomic mass is 9.64. The Morgan fingerprint density at radius 3 is 2.70 bits per heavy atom. The molecule has 5 nitrogen and oxygen atoms in total. The number of nitrogens with zero attached hydrogens (tertiary/aromatic N) is 2. The molecule has 0 bridgehead atoms. The molecule has 1 aromatic heterocycles. The maximum Gasteiger partial charge on any atom is 0.252 e. The van der Waals surface area contributed by atoms with Gasteiger partial charge in [-0.05, 0) is 18.4 Å². The average Bonchev–Trinajstić information content (AvgIpc) is 2.88. The second kappa shape index (κ2) is 5.73. The van der Waals surface area contributed by atoms with Gasteiger partial charge in [-0.2, -0.15) is 4.98 Å². The van der Waals surface area contributed by atoms with E-state index in [0.717, 1.165) is 18.7 Å². The van der Waals surface area contributed by atoms with E-state index in [9.17, 15) is 0 Å². The van der Waals surface area contributed by atoms with Gasteiger partial charge in [-0.3, -0.25) is 0 Å². The Labute approximate surface area is 118 Å². The smallest absolute Gasteiger partial charge is 0.252 e. The molecule has 0 aliphatic heterocycles. The third-order valence-electron chi connectivity index (χ3n) is 3.92. The zero-order valence-electron chi connectivity index (χ0n) is 11.4. The highest BCUT2D eigenvalue weighted by Crippen LogP contribution is 2.47. The Kier molecular flexibility index (Phi) is 3.80. The number of benzene rings is 1. The van der Waals surface area contributed by atoms with Crippen LogP contribution in [0, 0.1) is 0 Å². The lowest BCUT2D eigenvalue weighted by molar-refractivity contribution is 0.104. The minimum absolute atomic E-state index is 0.0725. The second-order valence-electron chi connectivity index (χ2n) is 5.15. The quantitative estimate of drug-likeness (QED) is 0.815. The van der Waals surface area contributed by atoms with Crippen molar-refractivity contribution in [3.05, 3.63) is 47.6 Å². The third kappa shape index (κ3) is 2.34. The SMILES string of the molecule is NCCOCc1nc(C2(c3ccccc3)CCC2)no1. The van der Waals surface area contributed by atoms with Crippen molar-refractivity contribution in [3.8, 4) is 0 Å². The van der Waals surface area contributed by atoms with Crippen molar-refractivity contribution >= 4 is 0 Å². The fourth-order valence-corrected chi connectivity index (χ4v) is 2.68. The Bertz CT molecular complexity index is 549. The molecule has 1 fully saturated rings. The monoisotopic (exact) mass is 273 g/mol. The van der Waals surface area contributed by atoms with Crippen molar-refractivity contribution in [1.82, 2.24) is 10.1 Å². The number of aromatic nitrogens is 2. The summed E-state index contributed by atoms with van der Waals surface area (Å²) in [5.41, 5.74) is 6.57. The van der Waals surface area contributed by atoms with E-state index in [1.54, 1.807) is 0 Å². The van der Waals surface area contributed by atoms with Crippen LogP contribution in [0.1, 0.15) is 36.5 Å². The fourth-order valence-electron chi connectivity index (χ4n) is 2.68. The van der Waals surface area contributed by atoms with Crippen LogP contribution in [0.15, 0.2) is 34.9 Å². The highest BCUT2D eigenvalue weighted by atomic mass is 16.5. The number of nitrogens with two attached hydrogens (primary N) is 1. The predicted molar refractivity (Wildman–Crippen MR) is 74.1 cm³/mol. The molecule has 0 radical (unpaired) electrons. The van der Waals surface area contributed by atoms with Gasteiger partial charge in [0, 0.05) is 6.54 Å². The lowest BCUT2D eigenvalue weighted by Crippen LogP contribution is -2.36. The Morgan fingerprint density at radius 2 is 2.05 bits per heavy atom. The molecular weight excluding hydrogens is 254 g/mol. The van der Waals surface area contributed by atoms with Crippen molar-refractivity contribution in [2.45, 2.75) is 31.3 Å². The number of rotatable bonds is 6. The summed E-state index contributed by atoms with van der Waals surface area (Å²) in [7, 11) is 0. The Morgan fingerprint density at radius 1 is 1.25 bits per heavy atom. The van der Waals surface area contributed by atoms with Crippen LogP contribution >= 0.6 is 0 Å².